The van der Waals surface area contributed by atoms with Crippen LogP contribution in [0.2, 0.25) is 0 Å². The van der Waals surface area contributed by atoms with E-state index in [-0.39, 0.29) is 44.8 Å². The second kappa shape index (κ2) is 11.6. The molecular formula is C36H53N5O7S. The molecule has 5 aliphatic rings. The number of alkyl carbamates (subject to hydrolysis) is 1. The lowest BCUT2D eigenvalue weighted by Crippen LogP contribution is -2.59. The van der Waals surface area contributed by atoms with Crippen LogP contribution in [0.25, 0.3) is 0 Å². The first kappa shape index (κ1) is 35.5. The summed E-state index contributed by atoms with van der Waals surface area (Å²) in [6, 6.07) is 4.48. The summed E-state index contributed by atoms with van der Waals surface area (Å²) in [6.07, 6.45) is 5.03. The maximum atomic E-state index is 14.5. The third-order valence-corrected chi connectivity index (χ3v) is 14.0. The number of nitrogens with one attached hydrogen (secondary N) is 4. The normalized spacial score (nSPS) is 29.9. The van der Waals surface area contributed by atoms with E-state index < -0.39 is 51.2 Å². The highest BCUT2D eigenvalue weighted by molar-refractivity contribution is 7.90. The molecule has 5 atom stereocenters. The van der Waals surface area contributed by atoms with E-state index in [9.17, 15) is 27.6 Å². The van der Waals surface area contributed by atoms with Crippen LogP contribution in [0.4, 0.5) is 10.5 Å². The van der Waals surface area contributed by atoms with Crippen LogP contribution in [-0.4, -0.2) is 73.9 Å². The molecule has 6 rings (SSSR count). The number of nitrogens with zero attached hydrogens (tertiary/aromatic N) is 1. The number of carbonyl (C=O) groups excluding carboxylic acids is 4. The number of sulfonamides is 1. The minimum Gasteiger partial charge on any atom is -0.444 e. The number of ether oxygens (including phenoxy) is 1. The average Bonchev–Trinajstić information content (AvgIpc) is 3.92. The van der Waals surface area contributed by atoms with E-state index >= 15 is 0 Å². The summed E-state index contributed by atoms with van der Waals surface area (Å²) in [5.74, 6) is -1.87. The molecule has 270 valence electrons. The van der Waals surface area contributed by atoms with Crippen molar-refractivity contribution in [1.29, 1.82) is 0 Å². The first-order chi connectivity index (χ1) is 22.8. The molecule has 1 aromatic rings. The molecule has 4 N–H and O–H groups in total. The van der Waals surface area contributed by atoms with Gasteiger partial charge in [0.1, 0.15) is 28.1 Å². The minimum atomic E-state index is -4.26. The van der Waals surface area contributed by atoms with E-state index in [1.54, 1.807) is 50.9 Å². The molecular weight excluding hydrogens is 646 g/mol. The Morgan fingerprint density at radius 3 is 2.18 bits per heavy atom. The Balaban J connectivity index is 1.28. The number of anilines is 1. The second-order valence-corrected chi connectivity index (χ2v) is 18.6. The van der Waals surface area contributed by atoms with Crippen LogP contribution in [0, 0.1) is 34.0 Å². The van der Waals surface area contributed by atoms with Crippen LogP contribution >= 0.6 is 0 Å². The fraction of sp³-hybridized carbons (Fsp3) is 0.722. The smallest absolute Gasteiger partial charge is 0.408 e. The molecule has 5 fully saturated rings. The molecule has 1 heterocycles. The van der Waals surface area contributed by atoms with Gasteiger partial charge in [0.25, 0.3) is 15.9 Å². The summed E-state index contributed by atoms with van der Waals surface area (Å²) in [7, 11) is -2.66. The lowest BCUT2D eigenvalue weighted by atomic mass is 9.73. The zero-order valence-corrected chi connectivity index (χ0v) is 30.9. The highest BCUT2D eigenvalue weighted by atomic mass is 32.2. The zero-order valence-electron chi connectivity index (χ0n) is 30.1. The maximum absolute atomic E-state index is 14.5. The monoisotopic (exact) mass is 699 g/mol. The molecule has 0 unspecified atom stereocenters. The van der Waals surface area contributed by atoms with Crippen molar-refractivity contribution in [3.63, 3.8) is 0 Å². The van der Waals surface area contributed by atoms with E-state index in [0.29, 0.717) is 25.1 Å². The Bertz CT molecular complexity index is 1660. The van der Waals surface area contributed by atoms with Crippen LogP contribution in [-0.2, 0) is 29.1 Å². The van der Waals surface area contributed by atoms with Gasteiger partial charge in [-0.2, -0.15) is 0 Å². The second-order valence-electron chi connectivity index (χ2n) is 17.0. The van der Waals surface area contributed by atoms with Gasteiger partial charge in [-0.15, -0.1) is 0 Å². The van der Waals surface area contributed by atoms with Crippen molar-refractivity contribution < 1.29 is 32.3 Å². The third-order valence-electron chi connectivity index (χ3n) is 12.6. The van der Waals surface area contributed by atoms with Crippen molar-refractivity contribution in [2.45, 2.75) is 122 Å². The molecule has 49 heavy (non-hydrogen) atoms. The van der Waals surface area contributed by atoms with Gasteiger partial charge in [-0.25, -0.2) is 17.9 Å². The third kappa shape index (κ3) is 5.67. The number of hydrogen-bond donors (Lipinski definition) is 4. The van der Waals surface area contributed by atoms with Gasteiger partial charge in [0.15, 0.2) is 0 Å². The predicted octanol–water partition coefficient (Wildman–Crippen LogP) is 4.16. The van der Waals surface area contributed by atoms with E-state index in [0.717, 1.165) is 32.1 Å². The van der Waals surface area contributed by atoms with Gasteiger partial charge >= 0.3 is 6.09 Å². The van der Waals surface area contributed by atoms with Gasteiger partial charge in [-0.1, -0.05) is 46.2 Å². The van der Waals surface area contributed by atoms with Crippen molar-refractivity contribution >= 4 is 39.5 Å². The first-order valence-electron chi connectivity index (χ1n) is 17.7. The van der Waals surface area contributed by atoms with Crippen LogP contribution in [0.15, 0.2) is 29.2 Å². The molecule has 12 nitrogen and oxygen atoms in total. The van der Waals surface area contributed by atoms with Crippen LogP contribution in [0.3, 0.4) is 0 Å². The molecule has 0 radical (unpaired) electrons. The molecule has 4 saturated carbocycles. The van der Waals surface area contributed by atoms with Crippen molar-refractivity contribution in [2.75, 3.05) is 18.9 Å². The predicted molar refractivity (Wildman–Crippen MR) is 184 cm³/mol. The summed E-state index contributed by atoms with van der Waals surface area (Å²) in [4.78, 5) is 57.4. The lowest BCUT2D eigenvalue weighted by molar-refractivity contribution is -0.142. The Morgan fingerprint density at radius 1 is 1.00 bits per heavy atom. The summed E-state index contributed by atoms with van der Waals surface area (Å²) >= 11 is 0. The molecule has 13 heteroatoms. The van der Waals surface area contributed by atoms with Gasteiger partial charge in [0.2, 0.25) is 11.8 Å². The van der Waals surface area contributed by atoms with E-state index in [2.05, 4.69) is 34.5 Å². The molecule has 1 saturated heterocycles. The lowest BCUT2D eigenvalue weighted by Gasteiger charge is -2.33. The number of amides is 4. The minimum absolute atomic E-state index is 0.0272. The number of hydrogen-bond acceptors (Lipinski definition) is 8. The van der Waals surface area contributed by atoms with Gasteiger partial charge in [-0.3, -0.25) is 14.4 Å². The number of para-hydroxylation sites is 1. The van der Waals surface area contributed by atoms with Gasteiger partial charge in [-0.05, 0) is 100 Å². The molecule has 2 spiro atoms. The quantitative estimate of drug-likeness (QED) is 0.283. The van der Waals surface area contributed by atoms with Gasteiger partial charge in [0, 0.05) is 19.0 Å². The maximum Gasteiger partial charge on any atom is 0.408 e. The highest BCUT2D eigenvalue weighted by Crippen LogP contribution is 2.88. The summed E-state index contributed by atoms with van der Waals surface area (Å²) in [5.41, 5.74) is -2.17. The Labute approximate surface area is 290 Å². The average molecular weight is 700 g/mol. The van der Waals surface area contributed by atoms with Gasteiger partial charge < -0.3 is 25.6 Å². The van der Waals surface area contributed by atoms with E-state index in [1.807, 2.05) is 13.8 Å². The number of carbonyl (C=O) groups is 4. The molecule has 1 aromatic carbocycles. The largest absolute Gasteiger partial charge is 0.444 e. The Hall–Kier alpha value is -3.35. The zero-order chi connectivity index (χ0) is 35.9. The topological polar surface area (TPSA) is 163 Å². The fourth-order valence-electron chi connectivity index (χ4n) is 9.49. The van der Waals surface area contributed by atoms with Crippen molar-refractivity contribution in [2.24, 2.45) is 34.0 Å². The van der Waals surface area contributed by atoms with Crippen LogP contribution < -0.4 is 20.7 Å². The summed E-state index contributed by atoms with van der Waals surface area (Å²) in [5, 5.41) is 8.65. The number of benzene rings is 1. The van der Waals surface area contributed by atoms with Crippen molar-refractivity contribution in [3.05, 3.63) is 24.3 Å². The molecule has 0 bridgehead atoms. The summed E-state index contributed by atoms with van der Waals surface area (Å²) in [6.45, 7) is 13.7. The van der Waals surface area contributed by atoms with E-state index in [1.165, 1.54) is 6.07 Å². The highest BCUT2D eigenvalue weighted by Gasteiger charge is 2.85. The molecule has 0 aromatic heterocycles. The number of rotatable bonds is 10. The van der Waals surface area contributed by atoms with Gasteiger partial charge in [0.05, 0.1) is 5.69 Å². The van der Waals surface area contributed by atoms with Crippen molar-refractivity contribution in [1.82, 2.24) is 20.3 Å². The van der Waals surface area contributed by atoms with E-state index in [4.69, 9.17) is 4.74 Å². The summed E-state index contributed by atoms with van der Waals surface area (Å²) < 4.78 is 34.7. The first-order valence-corrected chi connectivity index (χ1v) is 19.2. The molecule has 4 amide bonds. The van der Waals surface area contributed by atoms with Crippen LogP contribution in [0.1, 0.15) is 93.4 Å². The standard InChI is InChI=1S/C36H53N5O7S/c1-21(2)27(38-31(45)48-32(3,4)5)29(43)41-20-35(33(6,7)34(35)16-11-17-34)19-25(41)28(42)39-36(18-23(36)22-14-15-22)30(44)40-49(46,47)26-13-10-9-12-24(26)37-8/h9-10,12-13,21-23,25,27,37H,11,14-20H2,1-8H3,(H,38,45)(H,39,42)(H,40,44)/t23-,25-,27-,35+,36+/m0/s1. The van der Waals surface area contributed by atoms with Crippen molar-refractivity contribution in [3.8, 4) is 0 Å². The molecule has 4 aliphatic carbocycles. The molecule has 1 aliphatic heterocycles. The Kier molecular flexibility index (Phi) is 8.40. The Morgan fingerprint density at radius 2 is 1.65 bits per heavy atom. The number of fused-ring (bicyclic) bond motifs is 1. The van der Waals surface area contributed by atoms with Crippen LogP contribution in [0.5, 0.6) is 0 Å². The SMILES string of the molecule is CNc1ccccc1S(=O)(=O)NC(=O)[C@@]1(NC(=O)[C@@H]2C[C@@]3(CN2C(=O)[C@@H](NC(=O)OC(C)(C)C)C(C)C)C(C)(C)C32CCC2)C[C@H]1C1CC1. The number of likely N-dealkylation sites (tertiary alicyclic amines) is 1. The fourth-order valence-corrected chi connectivity index (χ4v) is 10.7.